The summed E-state index contributed by atoms with van der Waals surface area (Å²) in [6.07, 6.45) is 2.89. The minimum atomic E-state index is -0.708. The molecular weight excluding hydrogens is 312 g/mol. The van der Waals surface area contributed by atoms with E-state index in [0.29, 0.717) is 36.0 Å². The normalized spacial score (nSPS) is 12.4. The number of nitrogens with one attached hydrogen (secondary N) is 1. The molecule has 0 spiro atoms. The molecule has 1 amide bonds. The summed E-state index contributed by atoms with van der Waals surface area (Å²) in [4.78, 5) is 27.9. The molecule has 0 saturated heterocycles. The highest BCUT2D eigenvalue weighted by atomic mass is 16.6. The number of carbonyl (C=O) groups excluding carboxylic acids is 2. The zero-order valence-corrected chi connectivity index (χ0v) is 13.1. The highest BCUT2D eigenvalue weighted by Gasteiger charge is 2.19. The molecule has 0 atom stereocenters. The number of hydrogen-bond acceptors (Lipinski definition) is 6. The van der Waals surface area contributed by atoms with Gasteiger partial charge in [-0.1, -0.05) is 0 Å². The van der Waals surface area contributed by atoms with Crippen LogP contribution in [0.25, 0.3) is 0 Å². The Morgan fingerprint density at radius 2 is 2.00 bits per heavy atom. The lowest BCUT2D eigenvalue weighted by molar-refractivity contribution is -0.117. The maximum atomic E-state index is 12.0. The number of amides is 1. The Balaban J connectivity index is 1.72. The molecule has 0 radical (unpaired) electrons. The predicted octanol–water partition coefficient (Wildman–Crippen LogP) is 1.36. The van der Waals surface area contributed by atoms with Crippen LogP contribution in [0.5, 0.6) is 17.2 Å². The molecule has 2 heterocycles. The highest BCUT2D eigenvalue weighted by molar-refractivity contribution is 6.42. The van der Waals surface area contributed by atoms with Gasteiger partial charge in [0.25, 0.3) is 11.7 Å². The fraction of sp³-hybridized carbons (Fsp3) is 0.235. The molecule has 3 rings (SSSR count). The lowest BCUT2D eigenvalue weighted by Crippen LogP contribution is -2.30. The number of rotatable bonds is 5. The monoisotopic (exact) mass is 328 g/mol. The zero-order chi connectivity index (χ0) is 16.9. The van der Waals surface area contributed by atoms with Gasteiger partial charge in [-0.2, -0.15) is 0 Å². The molecule has 124 valence electrons. The molecule has 0 unspecified atom stereocenters. The minimum absolute atomic E-state index is 0.130. The molecule has 7 nitrogen and oxygen atoms in total. The Labute approximate surface area is 138 Å². The van der Waals surface area contributed by atoms with Crippen molar-refractivity contribution < 1.29 is 23.8 Å². The van der Waals surface area contributed by atoms with E-state index >= 15 is 0 Å². The summed E-state index contributed by atoms with van der Waals surface area (Å²) in [5.41, 5.74) is 0.929. The van der Waals surface area contributed by atoms with Crippen molar-refractivity contribution in [3.05, 3.63) is 47.8 Å². The molecule has 0 aliphatic carbocycles. The highest BCUT2D eigenvalue weighted by Crippen LogP contribution is 2.36. The number of hydrogen-bond donors (Lipinski definition) is 1. The van der Waals surface area contributed by atoms with Gasteiger partial charge >= 0.3 is 0 Å². The topological polar surface area (TPSA) is 86.8 Å². The van der Waals surface area contributed by atoms with Crippen LogP contribution < -0.4 is 19.5 Å². The summed E-state index contributed by atoms with van der Waals surface area (Å²) in [7, 11) is 1.53. The summed E-state index contributed by atoms with van der Waals surface area (Å²) in [5, 5.41) is 2.59. The lowest BCUT2D eigenvalue weighted by atomic mass is 10.1. The maximum Gasteiger partial charge on any atom is 0.292 e. The Kier molecular flexibility index (Phi) is 4.60. The van der Waals surface area contributed by atoms with Crippen molar-refractivity contribution in [2.24, 2.45) is 0 Å². The van der Waals surface area contributed by atoms with Gasteiger partial charge in [0.1, 0.15) is 19.0 Å². The van der Waals surface area contributed by atoms with Crippen LogP contribution >= 0.6 is 0 Å². The van der Waals surface area contributed by atoms with E-state index in [9.17, 15) is 9.59 Å². The Bertz CT molecular complexity index is 761. The van der Waals surface area contributed by atoms with E-state index in [2.05, 4.69) is 10.3 Å². The average molecular weight is 328 g/mol. The van der Waals surface area contributed by atoms with E-state index in [1.165, 1.54) is 19.5 Å². The molecular formula is C17H16N2O5. The van der Waals surface area contributed by atoms with Crippen molar-refractivity contribution in [3.63, 3.8) is 0 Å². The van der Waals surface area contributed by atoms with Crippen molar-refractivity contribution in [1.29, 1.82) is 0 Å². The number of pyridine rings is 1. The van der Waals surface area contributed by atoms with E-state index in [1.54, 1.807) is 24.3 Å². The minimum Gasteiger partial charge on any atom is -0.496 e. The summed E-state index contributed by atoms with van der Waals surface area (Å²) in [6, 6.07) is 6.59. The van der Waals surface area contributed by atoms with Gasteiger partial charge < -0.3 is 19.5 Å². The van der Waals surface area contributed by atoms with Gasteiger partial charge in [0.2, 0.25) is 0 Å². The number of fused-ring (bicyclic) bond motifs is 1. The molecule has 2 aromatic rings. The molecule has 1 N–H and O–H groups in total. The van der Waals surface area contributed by atoms with Gasteiger partial charge in [-0.25, -0.2) is 0 Å². The van der Waals surface area contributed by atoms with Crippen LogP contribution in [-0.4, -0.2) is 37.0 Å². The Hall–Kier alpha value is -3.09. The first-order valence-electron chi connectivity index (χ1n) is 7.38. The summed E-state index contributed by atoms with van der Waals surface area (Å²) >= 11 is 0. The van der Waals surface area contributed by atoms with Crippen molar-refractivity contribution in [3.8, 4) is 17.2 Å². The summed E-state index contributed by atoms with van der Waals surface area (Å²) in [6.45, 7) is 1.07. The van der Waals surface area contributed by atoms with Gasteiger partial charge in [0.15, 0.2) is 11.5 Å². The van der Waals surface area contributed by atoms with Crippen molar-refractivity contribution in [2.75, 3.05) is 20.3 Å². The van der Waals surface area contributed by atoms with Crippen LogP contribution in [0.15, 0.2) is 36.7 Å². The van der Waals surface area contributed by atoms with Gasteiger partial charge in [-0.3, -0.25) is 14.6 Å². The van der Waals surface area contributed by atoms with E-state index in [1.807, 2.05) is 0 Å². The number of methoxy groups -OCH3 is 1. The Morgan fingerprint density at radius 1 is 1.25 bits per heavy atom. The standard InChI is InChI=1S/C17H16N2O5/c1-22-13-8-15-14(23-5-6-24-15)7-12(13)10-19-17(21)16(20)11-3-2-4-18-9-11/h2-4,7-9H,5-6,10H2,1H3,(H,19,21). The Morgan fingerprint density at radius 3 is 2.67 bits per heavy atom. The number of Topliss-reactive ketones (excluding diaryl/α,β-unsaturated/α-hetero) is 1. The number of ketones is 1. The first kappa shape index (κ1) is 15.8. The van der Waals surface area contributed by atoms with Crippen molar-refractivity contribution in [1.82, 2.24) is 10.3 Å². The van der Waals surface area contributed by atoms with Gasteiger partial charge in [-0.05, 0) is 18.2 Å². The molecule has 1 aliphatic rings. The molecule has 0 saturated carbocycles. The second-order valence-electron chi connectivity index (χ2n) is 5.06. The SMILES string of the molecule is COc1cc2c(cc1CNC(=O)C(=O)c1cccnc1)OCCO2. The van der Waals surface area contributed by atoms with E-state index in [0.717, 1.165) is 0 Å². The molecule has 7 heteroatoms. The number of benzene rings is 1. The quantitative estimate of drug-likeness (QED) is 0.659. The third-order valence-electron chi connectivity index (χ3n) is 3.51. The first-order chi connectivity index (χ1) is 11.7. The van der Waals surface area contributed by atoms with Gasteiger partial charge in [-0.15, -0.1) is 0 Å². The fourth-order valence-corrected chi connectivity index (χ4v) is 2.32. The smallest absolute Gasteiger partial charge is 0.292 e. The number of nitrogens with zero attached hydrogens (tertiary/aromatic N) is 1. The molecule has 0 bridgehead atoms. The lowest BCUT2D eigenvalue weighted by Gasteiger charge is -2.20. The summed E-state index contributed by atoms with van der Waals surface area (Å²) < 4.78 is 16.3. The van der Waals surface area contributed by atoms with Crippen molar-refractivity contribution in [2.45, 2.75) is 6.54 Å². The van der Waals surface area contributed by atoms with E-state index in [-0.39, 0.29) is 12.1 Å². The maximum absolute atomic E-state index is 12.0. The van der Waals surface area contributed by atoms with Crippen LogP contribution in [0.1, 0.15) is 15.9 Å². The number of carbonyl (C=O) groups is 2. The van der Waals surface area contributed by atoms with Crippen molar-refractivity contribution >= 4 is 11.7 Å². The fourth-order valence-electron chi connectivity index (χ4n) is 2.32. The number of aromatic nitrogens is 1. The van der Waals surface area contributed by atoms with E-state index in [4.69, 9.17) is 14.2 Å². The van der Waals surface area contributed by atoms with Crippen LogP contribution in [0.4, 0.5) is 0 Å². The number of ether oxygens (including phenoxy) is 3. The largest absolute Gasteiger partial charge is 0.496 e. The van der Waals surface area contributed by atoms with Crippen LogP contribution in [0.3, 0.4) is 0 Å². The first-order valence-corrected chi connectivity index (χ1v) is 7.38. The average Bonchev–Trinajstić information content (AvgIpc) is 2.65. The second kappa shape index (κ2) is 6.99. The molecule has 0 fully saturated rings. The van der Waals surface area contributed by atoms with Crippen LogP contribution in [-0.2, 0) is 11.3 Å². The summed E-state index contributed by atoms with van der Waals surface area (Å²) in [5.74, 6) is 0.387. The second-order valence-corrected chi connectivity index (χ2v) is 5.06. The predicted molar refractivity (Wildman–Crippen MR) is 84.4 cm³/mol. The third-order valence-corrected chi connectivity index (χ3v) is 3.51. The van der Waals surface area contributed by atoms with Crippen LogP contribution in [0, 0.1) is 0 Å². The third kappa shape index (κ3) is 3.29. The van der Waals surface area contributed by atoms with Gasteiger partial charge in [0, 0.05) is 36.1 Å². The van der Waals surface area contributed by atoms with Gasteiger partial charge in [0.05, 0.1) is 7.11 Å². The molecule has 24 heavy (non-hydrogen) atoms. The molecule has 1 aromatic carbocycles. The molecule has 1 aliphatic heterocycles. The zero-order valence-electron chi connectivity index (χ0n) is 13.1. The van der Waals surface area contributed by atoms with E-state index < -0.39 is 11.7 Å². The van der Waals surface area contributed by atoms with Crippen LogP contribution in [0.2, 0.25) is 0 Å². The molecule has 1 aromatic heterocycles.